The third kappa shape index (κ3) is 2.30. The van der Waals surface area contributed by atoms with Crippen molar-refractivity contribution in [3.63, 3.8) is 0 Å². The lowest BCUT2D eigenvalue weighted by Crippen LogP contribution is -2.42. The predicted molar refractivity (Wildman–Crippen MR) is 83.2 cm³/mol. The molecule has 0 heterocycles. The van der Waals surface area contributed by atoms with Crippen LogP contribution in [0, 0.1) is 10.8 Å². The molecule has 1 saturated carbocycles. The molecule has 20 heavy (non-hydrogen) atoms. The van der Waals surface area contributed by atoms with Gasteiger partial charge in [0.25, 0.3) is 0 Å². The van der Waals surface area contributed by atoms with Crippen molar-refractivity contribution in [2.45, 2.75) is 65.7 Å². The van der Waals surface area contributed by atoms with Gasteiger partial charge >= 0.3 is 0 Å². The Morgan fingerprint density at radius 2 is 1.75 bits per heavy atom. The van der Waals surface area contributed by atoms with Gasteiger partial charge in [0, 0.05) is 5.56 Å². The van der Waals surface area contributed by atoms with Gasteiger partial charge < -0.3 is 10.2 Å². The summed E-state index contributed by atoms with van der Waals surface area (Å²) in [6.45, 7) is 9.26. The van der Waals surface area contributed by atoms with Crippen molar-refractivity contribution in [3.05, 3.63) is 23.8 Å². The lowest BCUT2D eigenvalue weighted by atomic mass is 9.52. The lowest BCUT2D eigenvalue weighted by molar-refractivity contribution is 0.00389. The molecule has 0 aliphatic heterocycles. The molecule has 1 aromatic rings. The maximum atomic E-state index is 10.3. The number of aromatic hydroxyl groups is 2. The molecule has 2 heteroatoms. The molecule has 1 fully saturated rings. The van der Waals surface area contributed by atoms with Crippen LogP contribution >= 0.6 is 0 Å². The van der Waals surface area contributed by atoms with Gasteiger partial charge in [-0.05, 0) is 42.1 Å². The molecule has 112 valence electrons. The highest BCUT2D eigenvalue weighted by molar-refractivity contribution is 5.47. The van der Waals surface area contributed by atoms with Gasteiger partial charge in [-0.2, -0.15) is 0 Å². The third-order valence-corrected chi connectivity index (χ3v) is 5.89. The van der Waals surface area contributed by atoms with Crippen molar-refractivity contribution in [1.82, 2.24) is 0 Å². The van der Waals surface area contributed by atoms with Crippen molar-refractivity contribution in [2.75, 3.05) is 0 Å². The van der Waals surface area contributed by atoms with E-state index in [-0.39, 0.29) is 28.2 Å². The molecule has 1 aliphatic carbocycles. The van der Waals surface area contributed by atoms with E-state index in [1.807, 2.05) is 12.1 Å². The maximum Gasteiger partial charge on any atom is 0.160 e. The predicted octanol–water partition coefficient (Wildman–Crippen LogP) is 5.20. The van der Waals surface area contributed by atoms with E-state index in [0.29, 0.717) is 0 Å². The monoisotopic (exact) mass is 276 g/mol. The minimum absolute atomic E-state index is 0.00170. The second kappa shape index (κ2) is 5.31. The van der Waals surface area contributed by atoms with E-state index in [2.05, 4.69) is 27.7 Å². The fraction of sp³-hybridized carbons (Fsp3) is 0.667. The van der Waals surface area contributed by atoms with Crippen LogP contribution in [0.1, 0.15) is 71.3 Å². The molecule has 0 amide bonds. The second-order valence-electron chi connectivity index (χ2n) is 7.18. The standard InChI is InChI=1S/C18H28O2/c1-5-14(13-9-8-10-15(19)16(13)20)18(4)12-7-6-11-17(18,2)3/h8-10,14,19-20H,5-7,11-12H2,1-4H3. The minimum Gasteiger partial charge on any atom is -0.504 e. The van der Waals surface area contributed by atoms with Crippen molar-refractivity contribution >= 4 is 0 Å². The molecule has 2 atom stereocenters. The van der Waals surface area contributed by atoms with Crippen LogP contribution in [-0.4, -0.2) is 10.2 Å². The normalized spacial score (nSPS) is 27.2. The lowest BCUT2D eigenvalue weighted by Gasteiger charge is -2.53. The van der Waals surface area contributed by atoms with Gasteiger partial charge in [-0.25, -0.2) is 0 Å². The van der Waals surface area contributed by atoms with Crippen LogP contribution in [0.5, 0.6) is 11.5 Å². The number of hydrogen-bond donors (Lipinski definition) is 2. The highest BCUT2D eigenvalue weighted by atomic mass is 16.3. The van der Waals surface area contributed by atoms with Crippen molar-refractivity contribution in [2.24, 2.45) is 10.8 Å². The van der Waals surface area contributed by atoms with Crippen LogP contribution < -0.4 is 0 Å². The Morgan fingerprint density at radius 3 is 2.35 bits per heavy atom. The zero-order valence-electron chi connectivity index (χ0n) is 13.2. The summed E-state index contributed by atoms with van der Waals surface area (Å²) in [5.74, 6) is 0.352. The van der Waals surface area contributed by atoms with Gasteiger partial charge in [-0.15, -0.1) is 0 Å². The van der Waals surface area contributed by atoms with Crippen LogP contribution in [0.4, 0.5) is 0 Å². The van der Waals surface area contributed by atoms with Gasteiger partial charge in [0.05, 0.1) is 0 Å². The fourth-order valence-corrected chi connectivity index (χ4v) is 4.17. The molecular formula is C18H28O2. The Balaban J connectivity index is 2.48. The Bertz CT molecular complexity index is 478. The summed E-state index contributed by atoms with van der Waals surface area (Å²) in [6.07, 6.45) is 5.96. The Hall–Kier alpha value is -1.18. The topological polar surface area (TPSA) is 40.5 Å². The van der Waals surface area contributed by atoms with E-state index in [9.17, 15) is 10.2 Å². The molecule has 2 rings (SSSR count). The molecule has 0 spiro atoms. The van der Waals surface area contributed by atoms with E-state index in [1.165, 1.54) is 25.7 Å². The molecule has 0 aromatic heterocycles. The van der Waals surface area contributed by atoms with E-state index in [4.69, 9.17) is 0 Å². The largest absolute Gasteiger partial charge is 0.504 e. The first-order valence-corrected chi connectivity index (χ1v) is 7.84. The molecule has 0 saturated heterocycles. The van der Waals surface area contributed by atoms with Gasteiger partial charge in [0.2, 0.25) is 0 Å². The van der Waals surface area contributed by atoms with Crippen LogP contribution in [0.15, 0.2) is 18.2 Å². The van der Waals surface area contributed by atoms with Crippen LogP contribution in [-0.2, 0) is 0 Å². The van der Waals surface area contributed by atoms with Gasteiger partial charge in [0.15, 0.2) is 11.5 Å². The zero-order chi connectivity index (χ0) is 15.0. The zero-order valence-corrected chi connectivity index (χ0v) is 13.2. The maximum absolute atomic E-state index is 10.3. The second-order valence-corrected chi connectivity index (χ2v) is 7.18. The van der Waals surface area contributed by atoms with Crippen LogP contribution in [0.3, 0.4) is 0 Å². The van der Waals surface area contributed by atoms with Crippen molar-refractivity contribution in [3.8, 4) is 11.5 Å². The summed E-state index contributed by atoms with van der Waals surface area (Å²) >= 11 is 0. The minimum atomic E-state index is -0.00170. The fourth-order valence-electron chi connectivity index (χ4n) is 4.17. The van der Waals surface area contributed by atoms with E-state index >= 15 is 0 Å². The number of para-hydroxylation sites is 1. The van der Waals surface area contributed by atoms with E-state index in [0.717, 1.165) is 12.0 Å². The average molecular weight is 276 g/mol. The number of phenols is 2. The summed E-state index contributed by atoms with van der Waals surface area (Å²) in [4.78, 5) is 0. The molecule has 0 radical (unpaired) electrons. The van der Waals surface area contributed by atoms with Gasteiger partial charge in [-0.3, -0.25) is 0 Å². The number of phenolic OH excluding ortho intramolecular Hbond substituents is 2. The first-order valence-electron chi connectivity index (χ1n) is 7.84. The molecule has 2 nitrogen and oxygen atoms in total. The van der Waals surface area contributed by atoms with Crippen molar-refractivity contribution in [1.29, 1.82) is 0 Å². The van der Waals surface area contributed by atoms with E-state index < -0.39 is 0 Å². The molecule has 1 aromatic carbocycles. The molecule has 2 N–H and O–H groups in total. The highest BCUT2D eigenvalue weighted by Gasteiger charge is 2.48. The summed E-state index contributed by atoms with van der Waals surface area (Å²) in [5, 5.41) is 20.1. The van der Waals surface area contributed by atoms with Gasteiger partial charge in [0.1, 0.15) is 0 Å². The first kappa shape index (κ1) is 15.2. The van der Waals surface area contributed by atoms with Gasteiger partial charge in [-0.1, -0.05) is 52.7 Å². The summed E-state index contributed by atoms with van der Waals surface area (Å²) in [6, 6.07) is 5.37. The number of benzene rings is 1. The highest BCUT2D eigenvalue weighted by Crippen LogP contribution is 2.59. The molecule has 0 bridgehead atoms. The molecule has 2 unspecified atom stereocenters. The molecular weight excluding hydrogens is 248 g/mol. The van der Waals surface area contributed by atoms with Crippen LogP contribution in [0.2, 0.25) is 0 Å². The summed E-state index contributed by atoms with van der Waals surface area (Å²) < 4.78 is 0. The summed E-state index contributed by atoms with van der Waals surface area (Å²) in [5.41, 5.74) is 1.32. The Kier molecular flexibility index (Phi) is 4.04. The van der Waals surface area contributed by atoms with Crippen LogP contribution in [0.25, 0.3) is 0 Å². The smallest absolute Gasteiger partial charge is 0.160 e. The Morgan fingerprint density at radius 1 is 1.10 bits per heavy atom. The first-order chi connectivity index (χ1) is 9.33. The SMILES string of the molecule is CCC(c1cccc(O)c1O)C1(C)CCCCC1(C)C. The van der Waals surface area contributed by atoms with Crippen molar-refractivity contribution < 1.29 is 10.2 Å². The Labute approximate surface area is 122 Å². The quantitative estimate of drug-likeness (QED) is 0.745. The molecule has 1 aliphatic rings. The van der Waals surface area contributed by atoms with E-state index in [1.54, 1.807) is 6.07 Å². The third-order valence-electron chi connectivity index (χ3n) is 5.89. The summed E-state index contributed by atoms with van der Waals surface area (Å²) in [7, 11) is 0. The number of hydrogen-bond acceptors (Lipinski definition) is 2. The average Bonchev–Trinajstić information content (AvgIpc) is 2.39. The number of rotatable bonds is 3.